The monoisotopic (exact) mass is 353 g/mol. The van der Waals surface area contributed by atoms with Gasteiger partial charge in [-0.2, -0.15) is 0 Å². The topological polar surface area (TPSA) is 44.6 Å². The number of thiophene rings is 1. The third-order valence-electron chi connectivity index (χ3n) is 5.69. The maximum Gasteiger partial charge on any atom is 0.140 e. The number of likely N-dealkylation sites (tertiary alicyclic amines) is 1. The van der Waals surface area contributed by atoms with Crippen molar-refractivity contribution in [3.8, 4) is 0 Å². The van der Waals surface area contributed by atoms with Crippen molar-refractivity contribution in [3.63, 3.8) is 0 Å². The Bertz CT molecular complexity index is 862. The highest BCUT2D eigenvalue weighted by Gasteiger charge is 2.48. The first-order valence-corrected chi connectivity index (χ1v) is 9.96. The lowest BCUT2D eigenvalue weighted by Gasteiger charge is -2.48. The van der Waals surface area contributed by atoms with E-state index in [1.807, 2.05) is 6.21 Å². The summed E-state index contributed by atoms with van der Waals surface area (Å²) in [7, 11) is 0. The predicted molar refractivity (Wildman–Crippen MR) is 104 cm³/mol. The highest BCUT2D eigenvalue weighted by Crippen LogP contribution is 2.42. The van der Waals surface area contributed by atoms with E-state index in [1.54, 1.807) is 17.7 Å². The van der Waals surface area contributed by atoms with Crippen LogP contribution in [0.4, 0.5) is 5.82 Å². The Hall–Kier alpha value is -1.79. The molecule has 2 aromatic rings. The van der Waals surface area contributed by atoms with Crippen molar-refractivity contribution in [3.05, 3.63) is 28.9 Å². The molecule has 0 saturated carbocycles. The molecule has 0 unspecified atom stereocenters. The largest absolute Gasteiger partial charge is 0.355 e. The first-order chi connectivity index (χ1) is 12.2. The molecule has 1 spiro atoms. The molecule has 130 valence electrons. The smallest absolute Gasteiger partial charge is 0.140 e. The van der Waals surface area contributed by atoms with Crippen LogP contribution in [0.5, 0.6) is 0 Å². The zero-order valence-corrected chi connectivity index (χ0v) is 15.4. The van der Waals surface area contributed by atoms with Crippen LogP contribution in [0.15, 0.2) is 29.0 Å². The third-order valence-corrected chi connectivity index (χ3v) is 6.87. The Balaban J connectivity index is 1.30. The van der Waals surface area contributed by atoms with Crippen molar-refractivity contribution >= 4 is 33.6 Å². The number of aliphatic imine (C=N–C) groups is 1. The zero-order valence-electron chi connectivity index (χ0n) is 14.6. The van der Waals surface area contributed by atoms with Gasteiger partial charge in [0.15, 0.2) is 0 Å². The first-order valence-electron chi connectivity index (χ1n) is 9.14. The van der Waals surface area contributed by atoms with E-state index in [0.29, 0.717) is 5.41 Å². The van der Waals surface area contributed by atoms with E-state index in [-0.39, 0.29) is 0 Å². The molecule has 0 aromatic carbocycles. The minimum Gasteiger partial charge on any atom is -0.355 e. The fourth-order valence-electron chi connectivity index (χ4n) is 4.46. The first kappa shape index (κ1) is 15.5. The molecular formula is C19H23N5S. The second-order valence-electron chi connectivity index (χ2n) is 7.57. The van der Waals surface area contributed by atoms with Crippen LogP contribution in [0.25, 0.3) is 10.2 Å². The third kappa shape index (κ3) is 2.68. The van der Waals surface area contributed by atoms with E-state index in [9.17, 15) is 0 Å². The minimum absolute atomic E-state index is 0.456. The molecular weight excluding hydrogens is 330 g/mol. The highest BCUT2D eigenvalue weighted by atomic mass is 32.1. The molecule has 6 heteroatoms. The van der Waals surface area contributed by atoms with Gasteiger partial charge in [-0.3, -0.25) is 9.89 Å². The lowest BCUT2D eigenvalue weighted by Crippen LogP contribution is -2.57. The molecule has 5 nitrogen and oxygen atoms in total. The number of hydrogen-bond donors (Lipinski definition) is 0. The summed E-state index contributed by atoms with van der Waals surface area (Å²) in [6, 6.07) is 2.29. The van der Waals surface area contributed by atoms with Gasteiger partial charge in [0.1, 0.15) is 17.0 Å². The van der Waals surface area contributed by atoms with E-state index in [2.05, 4.69) is 43.8 Å². The summed E-state index contributed by atoms with van der Waals surface area (Å²) in [4.78, 5) is 21.0. The molecule has 5 rings (SSSR count). The average Bonchev–Trinajstić information content (AvgIpc) is 3.32. The van der Waals surface area contributed by atoms with Gasteiger partial charge in [-0.05, 0) is 24.5 Å². The van der Waals surface area contributed by atoms with E-state index in [0.717, 1.165) is 43.2 Å². The maximum absolute atomic E-state index is 4.64. The van der Waals surface area contributed by atoms with E-state index >= 15 is 0 Å². The number of anilines is 1. The van der Waals surface area contributed by atoms with Gasteiger partial charge in [0.25, 0.3) is 0 Å². The van der Waals surface area contributed by atoms with Gasteiger partial charge in [-0.1, -0.05) is 13.0 Å². The molecule has 0 aliphatic carbocycles. The molecule has 3 aliphatic heterocycles. The van der Waals surface area contributed by atoms with E-state index in [4.69, 9.17) is 0 Å². The molecule has 0 N–H and O–H groups in total. The molecule has 0 atom stereocenters. The van der Waals surface area contributed by atoms with Crippen molar-refractivity contribution in [2.45, 2.75) is 19.8 Å². The number of hydrogen-bond acceptors (Lipinski definition) is 6. The number of rotatable bonds is 4. The summed E-state index contributed by atoms with van der Waals surface area (Å²) in [5.74, 6) is 1.14. The molecule has 0 bridgehead atoms. The fraction of sp³-hybridized carbons (Fsp3) is 0.526. The summed E-state index contributed by atoms with van der Waals surface area (Å²) in [6.07, 6.45) is 8.35. The van der Waals surface area contributed by atoms with Gasteiger partial charge < -0.3 is 4.90 Å². The molecule has 5 heterocycles. The van der Waals surface area contributed by atoms with Crippen LogP contribution in [0, 0.1) is 5.41 Å². The van der Waals surface area contributed by atoms with Gasteiger partial charge in [0.05, 0.1) is 11.9 Å². The van der Waals surface area contributed by atoms with Crippen LogP contribution >= 0.6 is 11.3 Å². The molecule has 0 amide bonds. The van der Waals surface area contributed by atoms with Crippen LogP contribution in [0.1, 0.15) is 18.2 Å². The standard InChI is InChI=1S/C19H23N5S/c1-2-15-7-16-17(21-13-22-18(16)25-15)24-6-4-19(12-24)10-23(11-19)9-14-3-5-20-8-14/h3,7-8,13H,2,4-6,9-12H2,1H3. The molecule has 2 fully saturated rings. The average molecular weight is 353 g/mol. The quantitative estimate of drug-likeness (QED) is 0.848. The minimum atomic E-state index is 0.456. The molecule has 2 saturated heterocycles. The van der Waals surface area contributed by atoms with Gasteiger partial charge in [-0.25, -0.2) is 9.97 Å². The second-order valence-corrected chi connectivity index (χ2v) is 8.69. The van der Waals surface area contributed by atoms with Gasteiger partial charge in [-0.15, -0.1) is 11.3 Å². The number of aromatic nitrogens is 2. The second kappa shape index (κ2) is 5.88. The molecule has 0 radical (unpaired) electrons. The SMILES string of the molecule is CCc1cc2c(N3CCC4(CN(CC5=CCN=C5)C4)C3)ncnc2s1. The molecule has 2 aromatic heterocycles. The van der Waals surface area contributed by atoms with Crippen molar-refractivity contribution in [2.24, 2.45) is 10.4 Å². The number of nitrogens with zero attached hydrogens (tertiary/aromatic N) is 5. The highest BCUT2D eigenvalue weighted by molar-refractivity contribution is 7.18. The van der Waals surface area contributed by atoms with E-state index < -0.39 is 0 Å². The number of fused-ring (bicyclic) bond motifs is 1. The lowest BCUT2D eigenvalue weighted by molar-refractivity contribution is 0.0278. The Kier molecular flexibility index (Phi) is 3.64. The number of aryl methyl sites for hydroxylation is 1. The Morgan fingerprint density at radius 3 is 2.96 bits per heavy atom. The van der Waals surface area contributed by atoms with Gasteiger partial charge in [0.2, 0.25) is 0 Å². The van der Waals surface area contributed by atoms with Crippen LogP contribution < -0.4 is 4.90 Å². The van der Waals surface area contributed by atoms with Crippen molar-refractivity contribution in [1.29, 1.82) is 0 Å². The fourth-order valence-corrected chi connectivity index (χ4v) is 5.39. The summed E-state index contributed by atoms with van der Waals surface area (Å²) in [6.45, 7) is 8.77. The van der Waals surface area contributed by atoms with Crippen molar-refractivity contribution < 1.29 is 0 Å². The maximum atomic E-state index is 4.64. The van der Waals surface area contributed by atoms with Crippen LogP contribution in [0.2, 0.25) is 0 Å². The Morgan fingerprint density at radius 2 is 2.16 bits per heavy atom. The van der Waals surface area contributed by atoms with E-state index in [1.165, 1.54) is 35.3 Å². The van der Waals surface area contributed by atoms with Crippen molar-refractivity contribution in [1.82, 2.24) is 14.9 Å². The van der Waals surface area contributed by atoms with Crippen molar-refractivity contribution in [2.75, 3.05) is 44.2 Å². The summed E-state index contributed by atoms with van der Waals surface area (Å²) < 4.78 is 0. The van der Waals surface area contributed by atoms with Crippen LogP contribution in [-0.2, 0) is 6.42 Å². The summed E-state index contributed by atoms with van der Waals surface area (Å²) in [5.41, 5.74) is 1.84. The Labute approximate surface area is 152 Å². The Morgan fingerprint density at radius 1 is 1.24 bits per heavy atom. The molecule has 25 heavy (non-hydrogen) atoms. The lowest BCUT2D eigenvalue weighted by atomic mass is 9.79. The predicted octanol–water partition coefficient (Wildman–Crippen LogP) is 2.78. The van der Waals surface area contributed by atoms with Gasteiger partial charge >= 0.3 is 0 Å². The van der Waals surface area contributed by atoms with Crippen LogP contribution in [0.3, 0.4) is 0 Å². The van der Waals surface area contributed by atoms with Crippen LogP contribution in [-0.4, -0.2) is 60.4 Å². The van der Waals surface area contributed by atoms with Gasteiger partial charge in [0, 0.05) is 49.2 Å². The molecule has 3 aliphatic rings. The zero-order chi connectivity index (χ0) is 16.9. The summed E-state index contributed by atoms with van der Waals surface area (Å²) in [5, 5.41) is 1.24. The normalized spacial score (nSPS) is 22.1. The summed E-state index contributed by atoms with van der Waals surface area (Å²) >= 11 is 1.80.